The first-order chi connectivity index (χ1) is 9.15. The number of hydrogen-bond acceptors (Lipinski definition) is 2. The zero-order valence-corrected chi connectivity index (χ0v) is 13.5. The van der Waals surface area contributed by atoms with Crippen LogP contribution in [0.4, 0.5) is 0 Å². The van der Waals surface area contributed by atoms with Crippen molar-refractivity contribution in [2.75, 3.05) is 6.61 Å². The van der Waals surface area contributed by atoms with Crippen LogP contribution in [0.15, 0.2) is 22.7 Å². The molecule has 0 radical (unpaired) electrons. The first kappa shape index (κ1) is 14.9. The summed E-state index contributed by atoms with van der Waals surface area (Å²) in [5.74, 6) is 1.71. The largest absolute Gasteiger partial charge is 0.492 e. The molecule has 0 atom stereocenters. The molecule has 0 aliphatic heterocycles. The molecule has 0 heterocycles. The molecule has 0 aromatic heterocycles. The fourth-order valence-corrected chi connectivity index (χ4v) is 2.54. The molecule has 1 aromatic carbocycles. The average Bonchev–Trinajstić information content (AvgIpc) is 3.17. The summed E-state index contributed by atoms with van der Waals surface area (Å²) in [5.41, 5.74) is 1.31. The Hall–Kier alpha value is -0.540. The number of nitrogens with one attached hydrogen (secondary N) is 1. The predicted molar refractivity (Wildman–Crippen MR) is 83.6 cm³/mol. The summed E-state index contributed by atoms with van der Waals surface area (Å²) >= 11 is 3.60. The van der Waals surface area contributed by atoms with Gasteiger partial charge in [0.15, 0.2) is 0 Å². The van der Waals surface area contributed by atoms with Crippen molar-refractivity contribution in [3.8, 4) is 5.75 Å². The van der Waals surface area contributed by atoms with Crippen molar-refractivity contribution in [1.29, 1.82) is 0 Å². The summed E-state index contributed by atoms with van der Waals surface area (Å²) in [6, 6.07) is 7.14. The van der Waals surface area contributed by atoms with E-state index in [0.717, 1.165) is 41.8 Å². The van der Waals surface area contributed by atoms with E-state index in [1.807, 2.05) is 0 Å². The highest BCUT2D eigenvalue weighted by atomic mass is 79.9. The van der Waals surface area contributed by atoms with Gasteiger partial charge in [0.2, 0.25) is 0 Å². The number of rotatable bonds is 8. The zero-order valence-electron chi connectivity index (χ0n) is 11.9. The maximum absolute atomic E-state index is 5.81. The Morgan fingerprint density at radius 2 is 2.16 bits per heavy atom. The summed E-state index contributed by atoms with van der Waals surface area (Å²) in [6.07, 6.45) is 5.01. The highest BCUT2D eigenvalue weighted by Crippen LogP contribution is 2.27. The molecule has 0 saturated heterocycles. The zero-order chi connectivity index (χ0) is 13.7. The van der Waals surface area contributed by atoms with Gasteiger partial charge in [0.05, 0.1) is 11.1 Å². The highest BCUT2D eigenvalue weighted by Gasteiger charge is 2.19. The molecule has 2 nitrogen and oxygen atoms in total. The lowest BCUT2D eigenvalue weighted by atomic mass is 10.1. The van der Waals surface area contributed by atoms with E-state index in [4.69, 9.17) is 4.74 Å². The Bertz CT molecular complexity index is 402. The van der Waals surface area contributed by atoms with Gasteiger partial charge in [-0.3, -0.25) is 0 Å². The van der Waals surface area contributed by atoms with E-state index in [9.17, 15) is 0 Å². The van der Waals surface area contributed by atoms with Crippen LogP contribution in [0.5, 0.6) is 5.75 Å². The van der Waals surface area contributed by atoms with Crippen molar-refractivity contribution in [2.45, 2.75) is 52.1 Å². The predicted octanol–water partition coefficient (Wildman–Crippen LogP) is 4.52. The Labute approximate surface area is 125 Å². The lowest BCUT2D eigenvalue weighted by Gasteiger charge is -2.11. The third kappa shape index (κ3) is 5.53. The fourth-order valence-electron chi connectivity index (χ4n) is 1.99. The molecule has 0 amide bonds. The van der Waals surface area contributed by atoms with Crippen LogP contribution < -0.4 is 10.1 Å². The molecule has 1 N–H and O–H groups in total. The highest BCUT2D eigenvalue weighted by molar-refractivity contribution is 9.10. The van der Waals surface area contributed by atoms with E-state index < -0.39 is 0 Å². The molecule has 2 rings (SSSR count). The topological polar surface area (TPSA) is 21.3 Å². The molecule has 0 bridgehead atoms. The molecule has 1 fully saturated rings. The standard InChI is InChI=1S/C16H24BrNO/c1-12(2)4-3-9-19-16-8-5-13(10-15(16)17)11-18-14-6-7-14/h5,8,10,12,14,18H,3-4,6-7,9,11H2,1-2H3. The molecule has 19 heavy (non-hydrogen) atoms. The first-order valence-electron chi connectivity index (χ1n) is 7.30. The van der Waals surface area contributed by atoms with Crippen LogP contribution in [0.1, 0.15) is 45.1 Å². The van der Waals surface area contributed by atoms with Gasteiger partial charge in [0.25, 0.3) is 0 Å². The molecule has 0 spiro atoms. The molecule has 106 valence electrons. The maximum atomic E-state index is 5.81. The second-order valence-corrected chi connectivity index (χ2v) is 6.66. The monoisotopic (exact) mass is 325 g/mol. The molecule has 1 aromatic rings. The third-order valence-corrected chi connectivity index (χ3v) is 3.97. The van der Waals surface area contributed by atoms with E-state index >= 15 is 0 Å². The summed E-state index contributed by atoms with van der Waals surface area (Å²) in [7, 11) is 0. The van der Waals surface area contributed by atoms with Crippen LogP contribution >= 0.6 is 15.9 Å². The average molecular weight is 326 g/mol. The Morgan fingerprint density at radius 1 is 1.37 bits per heavy atom. The van der Waals surface area contributed by atoms with Crippen molar-refractivity contribution < 1.29 is 4.74 Å². The smallest absolute Gasteiger partial charge is 0.133 e. The summed E-state index contributed by atoms with van der Waals surface area (Å²) < 4.78 is 6.88. The normalized spacial score (nSPS) is 14.9. The number of benzene rings is 1. The van der Waals surface area contributed by atoms with Crippen LogP contribution in [0.3, 0.4) is 0 Å². The Morgan fingerprint density at radius 3 is 2.79 bits per heavy atom. The summed E-state index contributed by atoms with van der Waals surface area (Å²) in [5, 5.41) is 3.52. The van der Waals surface area contributed by atoms with Gasteiger partial charge in [0, 0.05) is 12.6 Å². The molecular weight excluding hydrogens is 302 g/mol. The molecular formula is C16H24BrNO. The maximum Gasteiger partial charge on any atom is 0.133 e. The number of ether oxygens (including phenoxy) is 1. The quantitative estimate of drug-likeness (QED) is 0.710. The van der Waals surface area contributed by atoms with Crippen molar-refractivity contribution in [1.82, 2.24) is 5.32 Å². The minimum absolute atomic E-state index is 0.753. The van der Waals surface area contributed by atoms with Gasteiger partial charge in [0.1, 0.15) is 5.75 Å². The molecule has 0 unspecified atom stereocenters. The fraction of sp³-hybridized carbons (Fsp3) is 0.625. The summed E-state index contributed by atoms with van der Waals surface area (Å²) in [6.45, 7) is 6.25. The first-order valence-corrected chi connectivity index (χ1v) is 8.09. The van der Waals surface area contributed by atoms with Gasteiger partial charge >= 0.3 is 0 Å². The van der Waals surface area contributed by atoms with Gasteiger partial charge in [-0.05, 0) is 65.2 Å². The third-order valence-electron chi connectivity index (χ3n) is 3.35. The molecule has 1 aliphatic rings. The SMILES string of the molecule is CC(C)CCCOc1ccc(CNC2CC2)cc1Br. The van der Waals surface area contributed by atoms with Crippen LogP contribution in [-0.2, 0) is 6.54 Å². The minimum atomic E-state index is 0.753. The minimum Gasteiger partial charge on any atom is -0.492 e. The van der Waals surface area contributed by atoms with Crippen LogP contribution in [0, 0.1) is 5.92 Å². The van der Waals surface area contributed by atoms with E-state index in [2.05, 4.69) is 53.3 Å². The van der Waals surface area contributed by atoms with E-state index in [0.29, 0.717) is 0 Å². The van der Waals surface area contributed by atoms with Crippen molar-refractivity contribution in [2.24, 2.45) is 5.92 Å². The van der Waals surface area contributed by atoms with Crippen molar-refractivity contribution >= 4 is 15.9 Å². The van der Waals surface area contributed by atoms with Crippen molar-refractivity contribution in [3.63, 3.8) is 0 Å². The van der Waals surface area contributed by atoms with Gasteiger partial charge < -0.3 is 10.1 Å². The van der Waals surface area contributed by atoms with Gasteiger partial charge in [-0.15, -0.1) is 0 Å². The second-order valence-electron chi connectivity index (χ2n) is 5.80. The van der Waals surface area contributed by atoms with Gasteiger partial charge in [-0.2, -0.15) is 0 Å². The van der Waals surface area contributed by atoms with E-state index in [1.165, 1.54) is 24.8 Å². The van der Waals surface area contributed by atoms with Crippen LogP contribution in [-0.4, -0.2) is 12.6 Å². The molecule has 3 heteroatoms. The number of hydrogen-bond donors (Lipinski definition) is 1. The van der Waals surface area contributed by atoms with E-state index in [-0.39, 0.29) is 0 Å². The van der Waals surface area contributed by atoms with Crippen LogP contribution in [0.2, 0.25) is 0 Å². The molecule has 1 saturated carbocycles. The van der Waals surface area contributed by atoms with Crippen LogP contribution in [0.25, 0.3) is 0 Å². The Balaban J connectivity index is 1.77. The van der Waals surface area contributed by atoms with Gasteiger partial charge in [-0.1, -0.05) is 19.9 Å². The Kier molecular flexibility index (Phi) is 5.71. The lowest BCUT2D eigenvalue weighted by molar-refractivity contribution is 0.296. The van der Waals surface area contributed by atoms with E-state index in [1.54, 1.807) is 0 Å². The van der Waals surface area contributed by atoms with Crippen molar-refractivity contribution in [3.05, 3.63) is 28.2 Å². The lowest BCUT2D eigenvalue weighted by Crippen LogP contribution is -2.15. The summed E-state index contributed by atoms with van der Waals surface area (Å²) in [4.78, 5) is 0. The second kappa shape index (κ2) is 7.30. The van der Waals surface area contributed by atoms with Gasteiger partial charge in [-0.25, -0.2) is 0 Å². The number of halogens is 1. The molecule has 1 aliphatic carbocycles.